The number of hydrogen-bond acceptors (Lipinski definition) is 1. The lowest BCUT2D eigenvalue weighted by molar-refractivity contribution is -0.0596. The molecule has 1 aliphatic heterocycles. The van der Waals surface area contributed by atoms with Gasteiger partial charge in [-0.3, -0.25) is 0 Å². The molecule has 0 N–H and O–H groups in total. The summed E-state index contributed by atoms with van der Waals surface area (Å²) < 4.78 is 6.51. The normalized spacial score (nSPS) is 27.9. The Morgan fingerprint density at radius 1 is 0.732 bits per heavy atom. The first-order valence-corrected chi connectivity index (χ1v) is 15.7. The van der Waals surface area contributed by atoms with Gasteiger partial charge < -0.3 is 4.74 Å². The van der Waals surface area contributed by atoms with Gasteiger partial charge in [-0.25, -0.2) is 0 Å². The van der Waals surface area contributed by atoms with Crippen molar-refractivity contribution in [3.05, 3.63) is 118 Å². The van der Waals surface area contributed by atoms with E-state index in [1.165, 1.54) is 60.0 Å². The molecule has 0 bridgehead atoms. The van der Waals surface area contributed by atoms with Crippen molar-refractivity contribution in [3.8, 4) is 0 Å². The molecule has 0 saturated heterocycles. The highest BCUT2D eigenvalue weighted by Gasteiger charge is 2.50. The molecule has 2 aliphatic carbocycles. The smallest absolute Gasteiger partial charge is 0.119 e. The Hall–Kier alpha value is -2.80. The van der Waals surface area contributed by atoms with E-state index in [9.17, 15) is 0 Å². The van der Waals surface area contributed by atoms with E-state index in [-0.39, 0.29) is 11.0 Å². The molecular weight excluding hydrogens is 496 g/mol. The van der Waals surface area contributed by atoms with Crippen molar-refractivity contribution in [1.82, 2.24) is 0 Å². The van der Waals surface area contributed by atoms with E-state index in [1.807, 2.05) is 0 Å². The molecule has 1 saturated carbocycles. The Labute approximate surface area is 252 Å². The van der Waals surface area contributed by atoms with E-state index in [1.54, 1.807) is 5.57 Å². The summed E-state index contributed by atoms with van der Waals surface area (Å²) in [6.45, 7) is 22.7. The van der Waals surface area contributed by atoms with Crippen LogP contribution in [0.2, 0.25) is 0 Å². The second kappa shape index (κ2) is 13.9. The standard InChI is InChI=1S/C40H56O/c1-30(19-13-20-32(3)24-25-35-33(4)23-15-26-38(35,6)7)17-11-12-18-31(2)21-14-22-34(5)36-29-37-39(8,9)27-16-28-40(37,10)41-36/h11-14,17-22,24-25,29,37H,15-16,23,26-28H2,1-10H3/b12-11+,19-13+,21-14+,25-24+,30-17+,31-18+,32-20+,34-22+/t37-,40+/m1/s1. The molecule has 0 amide bonds. The van der Waals surface area contributed by atoms with Gasteiger partial charge in [-0.1, -0.05) is 123 Å². The van der Waals surface area contributed by atoms with Gasteiger partial charge in [0.25, 0.3) is 0 Å². The highest BCUT2D eigenvalue weighted by atomic mass is 16.5. The molecule has 3 rings (SSSR count). The summed E-state index contributed by atoms with van der Waals surface area (Å²) in [7, 11) is 0. The lowest BCUT2D eigenvalue weighted by Gasteiger charge is -2.45. The lowest BCUT2D eigenvalue weighted by atomic mass is 9.62. The monoisotopic (exact) mass is 552 g/mol. The summed E-state index contributed by atoms with van der Waals surface area (Å²) in [6, 6.07) is 0. The quantitative estimate of drug-likeness (QED) is 0.258. The molecular formula is C40H56O. The van der Waals surface area contributed by atoms with Crippen LogP contribution in [0, 0.1) is 16.7 Å². The zero-order valence-electron chi connectivity index (χ0n) is 27.7. The molecule has 0 spiro atoms. The molecule has 1 heterocycles. The zero-order chi connectivity index (χ0) is 30.3. The van der Waals surface area contributed by atoms with Crippen molar-refractivity contribution in [1.29, 1.82) is 0 Å². The topological polar surface area (TPSA) is 9.23 Å². The van der Waals surface area contributed by atoms with Crippen LogP contribution < -0.4 is 0 Å². The molecule has 0 radical (unpaired) electrons. The first kappa shape index (κ1) is 32.7. The van der Waals surface area contributed by atoms with Gasteiger partial charge in [-0.2, -0.15) is 0 Å². The van der Waals surface area contributed by atoms with Crippen molar-refractivity contribution >= 4 is 0 Å². The van der Waals surface area contributed by atoms with E-state index >= 15 is 0 Å². The maximum absolute atomic E-state index is 6.51. The molecule has 0 aromatic carbocycles. The molecule has 1 fully saturated rings. The van der Waals surface area contributed by atoms with Crippen LogP contribution in [-0.2, 0) is 4.74 Å². The van der Waals surface area contributed by atoms with Gasteiger partial charge in [0.2, 0.25) is 0 Å². The minimum Gasteiger partial charge on any atom is -0.487 e. The fraction of sp³-hybridized carbons (Fsp3) is 0.500. The minimum absolute atomic E-state index is 0.0489. The second-order valence-corrected chi connectivity index (χ2v) is 14.2. The van der Waals surface area contributed by atoms with E-state index in [0.29, 0.717) is 11.3 Å². The van der Waals surface area contributed by atoms with Crippen LogP contribution in [-0.4, -0.2) is 5.60 Å². The average molecular weight is 553 g/mol. The third kappa shape index (κ3) is 9.09. The zero-order valence-corrected chi connectivity index (χ0v) is 27.7. The molecule has 0 aromatic heterocycles. The molecule has 3 aliphatic rings. The Balaban J connectivity index is 1.51. The Morgan fingerprint density at radius 3 is 1.93 bits per heavy atom. The van der Waals surface area contributed by atoms with Crippen LogP contribution in [0.5, 0.6) is 0 Å². The summed E-state index contributed by atoms with van der Waals surface area (Å²) in [5, 5.41) is 0. The molecule has 1 nitrogen and oxygen atoms in total. The second-order valence-electron chi connectivity index (χ2n) is 14.2. The van der Waals surface area contributed by atoms with E-state index in [0.717, 1.165) is 12.2 Å². The number of fused-ring (bicyclic) bond motifs is 1. The van der Waals surface area contributed by atoms with E-state index in [2.05, 4.69) is 148 Å². The van der Waals surface area contributed by atoms with Crippen LogP contribution in [0.4, 0.5) is 0 Å². The van der Waals surface area contributed by atoms with Gasteiger partial charge in [0.05, 0.1) is 0 Å². The van der Waals surface area contributed by atoms with Crippen molar-refractivity contribution in [2.24, 2.45) is 16.7 Å². The van der Waals surface area contributed by atoms with Gasteiger partial charge in [0.1, 0.15) is 11.4 Å². The summed E-state index contributed by atoms with van der Waals surface area (Å²) in [4.78, 5) is 0. The SMILES string of the molecule is CC1=C(/C=C/C(C)=C/C=C/C(C)=C/C=C/C=C(C)/C=C/C=C(\C)C2=C[C@@H]3C(C)(C)CCC[C@]3(C)O2)C(C)(C)CCC1. The fourth-order valence-corrected chi connectivity index (χ4v) is 6.78. The summed E-state index contributed by atoms with van der Waals surface area (Å²) in [6.07, 6.45) is 36.0. The number of allylic oxidation sites excluding steroid dienone is 18. The number of ether oxygens (including phenoxy) is 1. The molecule has 2 atom stereocenters. The predicted molar refractivity (Wildman–Crippen MR) is 181 cm³/mol. The molecule has 1 heteroatoms. The van der Waals surface area contributed by atoms with Crippen molar-refractivity contribution in [3.63, 3.8) is 0 Å². The van der Waals surface area contributed by atoms with Crippen molar-refractivity contribution < 1.29 is 4.74 Å². The third-order valence-corrected chi connectivity index (χ3v) is 9.35. The van der Waals surface area contributed by atoms with Gasteiger partial charge in [0, 0.05) is 5.92 Å². The largest absolute Gasteiger partial charge is 0.487 e. The van der Waals surface area contributed by atoms with Crippen LogP contribution in [0.15, 0.2) is 118 Å². The van der Waals surface area contributed by atoms with Gasteiger partial charge in [0.15, 0.2) is 0 Å². The van der Waals surface area contributed by atoms with Gasteiger partial charge in [-0.15, -0.1) is 0 Å². The summed E-state index contributed by atoms with van der Waals surface area (Å²) in [5.41, 5.74) is 8.51. The molecule has 0 unspecified atom stereocenters. The van der Waals surface area contributed by atoms with Crippen molar-refractivity contribution in [2.45, 2.75) is 113 Å². The van der Waals surface area contributed by atoms with E-state index < -0.39 is 0 Å². The Morgan fingerprint density at radius 2 is 1.32 bits per heavy atom. The summed E-state index contributed by atoms with van der Waals surface area (Å²) >= 11 is 0. The maximum Gasteiger partial charge on any atom is 0.119 e. The third-order valence-electron chi connectivity index (χ3n) is 9.35. The molecule has 41 heavy (non-hydrogen) atoms. The Kier molecular flexibility index (Phi) is 11.1. The van der Waals surface area contributed by atoms with Crippen molar-refractivity contribution in [2.75, 3.05) is 0 Å². The predicted octanol–water partition coefficient (Wildman–Crippen LogP) is 12.0. The van der Waals surface area contributed by atoms with Crippen LogP contribution in [0.1, 0.15) is 108 Å². The Bertz CT molecular complexity index is 1260. The van der Waals surface area contributed by atoms with Gasteiger partial charge >= 0.3 is 0 Å². The van der Waals surface area contributed by atoms with Crippen LogP contribution in [0.25, 0.3) is 0 Å². The first-order valence-electron chi connectivity index (χ1n) is 15.7. The minimum atomic E-state index is -0.0489. The first-order chi connectivity index (χ1) is 19.2. The molecule has 222 valence electrons. The van der Waals surface area contributed by atoms with Gasteiger partial charge in [-0.05, 0) is 108 Å². The van der Waals surface area contributed by atoms with Crippen LogP contribution >= 0.6 is 0 Å². The molecule has 0 aromatic rings. The summed E-state index contributed by atoms with van der Waals surface area (Å²) in [5.74, 6) is 1.55. The fourth-order valence-electron chi connectivity index (χ4n) is 6.78. The maximum atomic E-state index is 6.51. The highest BCUT2D eigenvalue weighted by Crippen LogP contribution is 2.53. The lowest BCUT2D eigenvalue weighted by Crippen LogP contribution is -2.44. The van der Waals surface area contributed by atoms with E-state index in [4.69, 9.17) is 4.74 Å². The average Bonchev–Trinajstić information content (AvgIpc) is 3.25. The number of hydrogen-bond donors (Lipinski definition) is 0. The number of rotatable bonds is 9. The highest BCUT2D eigenvalue weighted by molar-refractivity contribution is 5.38. The van der Waals surface area contributed by atoms with Crippen LogP contribution in [0.3, 0.4) is 0 Å².